The number of halogens is 2. The highest BCUT2D eigenvalue weighted by molar-refractivity contribution is 14.1. The number of aromatic nitrogens is 3. The summed E-state index contributed by atoms with van der Waals surface area (Å²) in [6.45, 7) is 5.00. The lowest BCUT2D eigenvalue weighted by atomic mass is 10.2. The number of nitrogens with zero attached hydrogens (tertiary/aromatic N) is 3. The summed E-state index contributed by atoms with van der Waals surface area (Å²) in [6, 6.07) is 9.25. The fraction of sp³-hybridized carbons (Fsp3) is 0.261. The molecule has 1 aromatic heterocycles. The van der Waals surface area contributed by atoms with Crippen molar-refractivity contribution < 1.29 is 24.1 Å². The van der Waals surface area contributed by atoms with Crippen molar-refractivity contribution in [3.63, 3.8) is 0 Å². The molecule has 0 radical (unpaired) electrons. The van der Waals surface area contributed by atoms with Crippen LogP contribution < -0.4 is 14.2 Å². The number of aliphatic carboxylic acids is 1. The lowest BCUT2D eigenvalue weighted by Crippen LogP contribution is -2.03. The fourth-order valence-corrected chi connectivity index (χ4v) is 6.14. The van der Waals surface area contributed by atoms with Gasteiger partial charge in [-0.05, 0) is 107 Å². The van der Waals surface area contributed by atoms with Gasteiger partial charge in [-0.25, -0.2) is 4.79 Å². The lowest BCUT2D eigenvalue weighted by molar-refractivity contribution is -0.131. The van der Waals surface area contributed by atoms with E-state index in [0.29, 0.717) is 35.6 Å². The van der Waals surface area contributed by atoms with Gasteiger partial charge in [-0.2, -0.15) is 0 Å². The van der Waals surface area contributed by atoms with Crippen LogP contribution >= 0.6 is 56.9 Å². The third kappa shape index (κ3) is 6.16. The molecule has 8 nitrogen and oxygen atoms in total. The van der Waals surface area contributed by atoms with Crippen LogP contribution in [0.15, 0.2) is 40.4 Å². The molecule has 0 bridgehead atoms. The molecule has 0 unspecified atom stereocenters. The number of rotatable bonds is 10. The van der Waals surface area contributed by atoms with E-state index in [1.807, 2.05) is 42.7 Å². The highest BCUT2D eigenvalue weighted by Gasteiger charge is 2.20. The molecule has 0 aliphatic rings. The van der Waals surface area contributed by atoms with Crippen molar-refractivity contribution in [1.29, 1.82) is 0 Å². The highest BCUT2D eigenvalue weighted by atomic mass is 127. The number of hydrogen-bond acceptors (Lipinski definition) is 7. The Labute approximate surface area is 229 Å². The summed E-state index contributed by atoms with van der Waals surface area (Å²) >= 11 is 5.45. The number of carboxylic acid groups (broad SMARTS) is 1. The molecule has 0 saturated carbocycles. The molecule has 34 heavy (non-hydrogen) atoms. The number of hydrogen-bond donors (Lipinski definition) is 1. The molecule has 1 heterocycles. The zero-order chi connectivity index (χ0) is 24.8. The predicted molar refractivity (Wildman–Crippen MR) is 149 cm³/mol. The summed E-state index contributed by atoms with van der Waals surface area (Å²) < 4.78 is 20.1. The van der Waals surface area contributed by atoms with Crippen molar-refractivity contribution in [3.05, 3.63) is 47.9 Å². The monoisotopic (exact) mass is 707 g/mol. The average molecular weight is 707 g/mol. The van der Waals surface area contributed by atoms with Crippen LogP contribution in [0.4, 0.5) is 0 Å². The van der Waals surface area contributed by atoms with E-state index in [0.717, 1.165) is 35.8 Å². The maximum absolute atomic E-state index is 12.1. The van der Waals surface area contributed by atoms with Gasteiger partial charge in [0.25, 0.3) is 0 Å². The molecular weight excluding hydrogens is 684 g/mol. The standard InChI is InChI=1S/C23H23I2N3O5S/c1-5-28-21(14-10-15(31-3)12-16(11-14)32-4)26-27-23(28)34-19(22(29)30)9-13-7-17(24)20(33-6-2)18(25)8-13/h7-12H,5-6H2,1-4H3,(H,29,30)/b19-9-. The minimum atomic E-state index is -1.04. The zero-order valence-corrected chi connectivity index (χ0v) is 24.1. The van der Waals surface area contributed by atoms with Crippen LogP contribution in [-0.2, 0) is 11.3 Å². The van der Waals surface area contributed by atoms with Crippen LogP contribution in [0.1, 0.15) is 19.4 Å². The van der Waals surface area contributed by atoms with Crippen molar-refractivity contribution in [2.24, 2.45) is 0 Å². The molecule has 0 aliphatic heterocycles. The van der Waals surface area contributed by atoms with Gasteiger partial charge in [-0.15, -0.1) is 10.2 Å². The maximum Gasteiger partial charge on any atom is 0.342 e. The molecule has 0 aliphatic carbocycles. The summed E-state index contributed by atoms with van der Waals surface area (Å²) in [5, 5.41) is 19.0. The molecule has 1 N–H and O–H groups in total. The van der Waals surface area contributed by atoms with Crippen molar-refractivity contribution in [1.82, 2.24) is 14.8 Å². The number of benzene rings is 2. The van der Waals surface area contributed by atoms with E-state index in [-0.39, 0.29) is 4.91 Å². The molecule has 0 amide bonds. The second-order valence-corrected chi connectivity index (χ2v) is 10.1. The van der Waals surface area contributed by atoms with Gasteiger partial charge in [0.15, 0.2) is 11.0 Å². The zero-order valence-electron chi connectivity index (χ0n) is 19.0. The van der Waals surface area contributed by atoms with Crippen molar-refractivity contribution in [2.75, 3.05) is 20.8 Å². The topological polar surface area (TPSA) is 95.7 Å². The van der Waals surface area contributed by atoms with E-state index in [1.54, 1.807) is 26.4 Å². The first-order valence-electron chi connectivity index (χ1n) is 10.2. The summed E-state index contributed by atoms with van der Waals surface area (Å²) in [6.07, 6.45) is 1.63. The highest BCUT2D eigenvalue weighted by Crippen LogP contribution is 2.35. The van der Waals surface area contributed by atoms with E-state index < -0.39 is 5.97 Å². The molecule has 11 heteroatoms. The Morgan fingerprint density at radius 2 is 1.68 bits per heavy atom. The fourth-order valence-electron chi connectivity index (χ4n) is 3.13. The average Bonchev–Trinajstić information content (AvgIpc) is 3.23. The van der Waals surface area contributed by atoms with Gasteiger partial charge in [-0.3, -0.25) is 0 Å². The second-order valence-electron chi connectivity index (χ2n) is 6.81. The van der Waals surface area contributed by atoms with E-state index in [4.69, 9.17) is 14.2 Å². The number of carboxylic acids is 1. The summed E-state index contributed by atoms with van der Waals surface area (Å²) in [7, 11) is 3.16. The molecule has 0 saturated heterocycles. The molecule has 0 atom stereocenters. The smallest absolute Gasteiger partial charge is 0.342 e. The van der Waals surface area contributed by atoms with Gasteiger partial charge in [0, 0.05) is 18.2 Å². The molecule has 0 fully saturated rings. The number of ether oxygens (including phenoxy) is 3. The van der Waals surface area contributed by atoms with E-state index in [9.17, 15) is 9.90 Å². The van der Waals surface area contributed by atoms with Gasteiger partial charge in [-0.1, -0.05) is 0 Å². The number of thioether (sulfide) groups is 1. The van der Waals surface area contributed by atoms with E-state index >= 15 is 0 Å². The third-order valence-electron chi connectivity index (χ3n) is 4.66. The van der Waals surface area contributed by atoms with Gasteiger partial charge in [0.1, 0.15) is 22.2 Å². The van der Waals surface area contributed by atoms with Gasteiger partial charge in [0.05, 0.1) is 28.0 Å². The van der Waals surface area contributed by atoms with Crippen LogP contribution in [0.25, 0.3) is 17.5 Å². The number of carbonyl (C=O) groups is 1. The van der Waals surface area contributed by atoms with Crippen LogP contribution in [-0.4, -0.2) is 46.7 Å². The van der Waals surface area contributed by atoms with Gasteiger partial charge >= 0.3 is 5.97 Å². The third-order valence-corrected chi connectivity index (χ3v) is 7.26. The first-order valence-corrected chi connectivity index (χ1v) is 13.2. The van der Waals surface area contributed by atoms with Crippen molar-refractivity contribution in [2.45, 2.75) is 25.5 Å². The minimum Gasteiger partial charge on any atom is -0.497 e. The largest absolute Gasteiger partial charge is 0.497 e. The van der Waals surface area contributed by atoms with Gasteiger partial charge < -0.3 is 23.9 Å². The Morgan fingerprint density at radius 1 is 1.06 bits per heavy atom. The molecule has 2 aromatic carbocycles. The summed E-state index contributed by atoms with van der Waals surface area (Å²) in [5.74, 6) is 1.60. The van der Waals surface area contributed by atoms with Crippen molar-refractivity contribution >= 4 is 69.0 Å². The Morgan fingerprint density at radius 3 is 2.18 bits per heavy atom. The van der Waals surface area contributed by atoms with E-state index in [2.05, 4.69) is 55.4 Å². The quantitative estimate of drug-likeness (QED) is 0.161. The van der Waals surface area contributed by atoms with Crippen LogP contribution in [0.2, 0.25) is 0 Å². The van der Waals surface area contributed by atoms with Crippen LogP contribution in [0.3, 0.4) is 0 Å². The summed E-state index contributed by atoms with van der Waals surface area (Å²) in [5.41, 5.74) is 1.52. The SMILES string of the molecule is CCOc1c(I)cc(/C=C(\Sc2nnc(-c3cc(OC)cc(OC)c3)n2CC)C(=O)O)cc1I. The lowest BCUT2D eigenvalue weighted by Gasteiger charge is -2.11. The predicted octanol–water partition coefficient (Wildman–Crippen LogP) is 5.81. The Hall–Kier alpha value is -2.00. The van der Waals surface area contributed by atoms with Crippen LogP contribution in [0.5, 0.6) is 17.2 Å². The normalized spacial score (nSPS) is 11.4. The van der Waals surface area contributed by atoms with Gasteiger partial charge in [0.2, 0.25) is 0 Å². The Kier molecular flexibility index (Phi) is 9.47. The summed E-state index contributed by atoms with van der Waals surface area (Å²) in [4.78, 5) is 12.2. The molecule has 0 spiro atoms. The number of methoxy groups -OCH3 is 2. The van der Waals surface area contributed by atoms with Crippen molar-refractivity contribution in [3.8, 4) is 28.6 Å². The molecular formula is C23H23I2N3O5S. The Bertz CT molecular complexity index is 1180. The molecule has 180 valence electrons. The molecule has 3 rings (SSSR count). The van der Waals surface area contributed by atoms with E-state index in [1.165, 1.54) is 0 Å². The minimum absolute atomic E-state index is 0.132. The second kappa shape index (κ2) is 12.1. The molecule has 3 aromatic rings. The maximum atomic E-state index is 12.1. The Balaban J connectivity index is 1.99. The van der Waals surface area contributed by atoms with Crippen LogP contribution in [0, 0.1) is 7.14 Å². The first-order chi connectivity index (χ1) is 16.3. The first kappa shape index (κ1) is 26.6.